The summed E-state index contributed by atoms with van der Waals surface area (Å²) in [5.41, 5.74) is 0.596. The van der Waals surface area contributed by atoms with E-state index in [9.17, 15) is 4.79 Å². The molecule has 1 rings (SSSR count). The van der Waals surface area contributed by atoms with Gasteiger partial charge in [-0.3, -0.25) is 4.79 Å². The van der Waals surface area contributed by atoms with Crippen LogP contribution in [0.25, 0.3) is 0 Å². The number of methoxy groups -OCH3 is 2. The number of carbonyl (C=O) groups is 1. The Balaban J connectivity index is 2.82. The number of ether oxygens (including phenoxy) is 2. The molecule has 0 unspecified atom stereocenters. The van der Waals surface area contributed by atoms with Gasteiger partial charge in [-0.1, -0.05) is 0 Å². The first-order valence-electron chi connectivity index (χ1n) is 5.41. The summed E-state index contributed by atoms with van der Waals surface area (Å²) in [4.78, 5) is 11.9. The molecule has 0 saturated heterocycles. The zero-order valence-electron chi connectivity index (χ0n) is 10.2. The maximum Gasteiger partial charge on any atom is 0.163 e. The van der Waals surface area contributed by atoms with Crippen molar-refractivity contribution in [3.63, 3.8) is 0 Å². The number of rotatable bonds is 6. The molecule has 0 N–H and O–H groups in total. The Morgan fingerprint density at radius 1 is 1.24 bits per heavy atom. The van der Waals surface area contributed by atoms with E-state index in [-0.39, 0.29) is 5.78 Å². The fourth-order valence-electron chi connectivity index (χ4n) is 1.46. The third kappa shape index (κ3) is 3.84. The van der Waals surface area contributed by atoms with Crippen LogP contribution >= 0.6 is 0 Å². The summed E-state index contributed by atoms with van der Waals surface area (Å²) < 4.78 is 10.2. The molecule has 0 bridgehead atoms. The third-order valence-corrected chi connectivity index (χ3v) is 2.40. The minimum atomic E-state index is 0.0532. The SMILES string of the molecule is C#CCCCC(=O)c1cc(OC)cc(OC)c1. The lowest BCUT2D eigenvalue weighted by Crippen LogP contribution is -2.00. The first-order valence-corrected chi connectivity index (χ1v) is 5.41. The number of ketones is 1. The average Bonchev–Trinajstić information content (AvgIpc) is 2.38. The van der Waals surface area contributed by atoms with Crippen molar-refractivity contribution in [2.75, 3.05) is 14.2 Å². The van der Waals surface area contributed by atoms with E-state index in [4.69, 9.17) is 15.9 Å². The van der Waals surface area contributed by atoms with Gasteiger partial charge in [0.2, 0.25) is 0 Å². The molecular weight excluding hydrogens is 216 g/mol. The number of Topliss-reactive ketones (excluding diaryl/α,β-unsaturated/α-hetero) is 1. The molecule has 0 spiro atoms. The zero-order chi connectivity index (χ0) is 12.7. The molecule has 0 aliphatic rings. The lowest BCUT2D eigenvalue weighted by atomic mass is 10.0. The van der Waals surface area contributed by atoms with Gasteiger partial charge in [-0.15, -0.1) is 12.3 Å². The van der Waals surface area contributed by atoms with E-state index >= 15 is 0 Å². The molecule has 3 heteroatoms. The van der Waals surface area contributed by atoms with Crippen LogP contribution in [0.15, 0.2) is 18.2 Å². The van der Waals surface area contributed by atoms with Crippen molar-refractivity contribution in [2.45, 2.75) is 19.3 Å². The fraction of sp³-hybridized carbons (Fsp3) is 0.357. The topological polar surface area (TPSA) is 35.5 Å². The number of hydrogen-bond acceptors (Lipinski definition) is 3. The summed E-state index contributed by atoms with van der Waals surface area (Å²) in [6.45, 7) is 0. The van der Waals surface area contributed by atoms with Gasteiger partial charge in [0, 0.05) is 24.5 Å². The molecule has 0 aromatic heterocycles. The van der Waals surface area contributed by atoms with Crippen molar-refractivity contribution in [1.82, 2.24) is 0 Å². The Morgan fingerprint density at radius 2 is 1.82 bits per heavy atom. The summed E-state index contributed by atoms with van der Waals surface area (Å²) in [6, 6.07) is 5.15. The number of terminal acetylenes is 1. The minimum absolute atomic E-state index is 0.0532. The molecule has 0 atom stereocenters. The lowest BCUT2D eigenvalue weighted by Gasteiger charge is -2.07. The fourth-order valence-corrected chi connectivity index (χ4v) is 1.46. The van der Waals surface area contributed by atoms with E-state index in [1.807, 2.05) is 0 Å². The first-order chi connectivity index (χ1) is 8.21. The molecule has 17 heavy (non-hydrogen) atoms. The van der Waals surface area contributed by atoms with Gasteiger partial charge in [0.05, 0.1) is 14.2 Å². The summed E-state index contributed by atoms with van der Waals surface area (Å²) >= 11 is 0. The first kappa shape index (κ1) is 13.1. The van der Waals surface area contributed by atoms with Gasteiger partial charge in [0.15, 0.2) is 5.78 Å². The van der Waals surface area contributed by atoms with Crippen LogP contribution in [0.4, 0.5) is 0 Å². The van der Waals surface area contributed by atoms with Crippen LogP contribution in [0.3, 0.4) is 0 Å². The van der Waals surface area contributed by atoms with Crippen LogP contribution in [-0.2, 0) is 0 Å². The summed E-state index contributed by atoms with van der Waals surface area (Å²) in [5.74, 6) is 3.80. The normalized spacial score (nSPS) is 9.47. The maximum absolute atomic E-state index is 11.9. The second kappa shape index (κ2) is 6.59. The molecule has 0 aliphatic carbocycles. The Bertz CT molecular complexity index is 407. The summed E-state index contributed by atoms with van der Waals surface area (Å²) in [6.07, 6.45) is 6.91. The van der Waals surface area contributed by atoms with E-state index < -0.39 is 0 Å². The summed E-state index contributed by atoms with van der Waals surface area (Å²) in [7, 11) is 3.11. The van der Waals surface area contributed by atoms with Crippen LogP contribution in [0.2, 0.25) is 0 Å². The molecular formula is C14H16O3. The smallest absolute Gasteiger partial charge is 0.163 e. The van der Waals surface area contributed by atoms with E-state index in [1.165, 1.54) is 0 Å². The van der Waals surface area contributed by atoms with Gasteiger partial charge in [-0.2, -0.15) is 0 Å². The number of unbranched alkanes of at least 4 members (excludes halogenated alkanes) is 1. The van der Waals surface area contributed by atoms with Gasteiger partial charge in [0.1, 0.15) is 11.5 Å². The Labute approximate surface area is 102 Å². The maximum atomic E-state index is 11.9. The predicted molar refractivity (Wildman–Crippen MR) is 66.6 cm³/mol. The second-order valence-electron chi connectivity index (χ2n) is 3.58. The van der Waals surface area contributed by atoms with Gasteiger partial charge in [0.25, 0.3) is 0 Å². The Morgan fingerprint density at radius 3 is 2.29 bits per heavy atom. The van der Waals surface area contributed by atoms with Gasteiger partial charge in [-0.25, -0.2) is 0 Å². The molecule has 3 nitrogen and oxygen atoms in total. The van der Waals surface area contributed by atoms with Gasteiger partial charge in [-0.05, 0) is 18.6 Å². The average molecular weight is 232 g/mol. The number of carbonyl (C=O) groups excluding carboxylic acids is 1. The quantitative estimate of drug-likeness (QED) is 0.430. The zero-order valence-corrected chi connectivity index (χ0v) is 10.2. The summed E-state index contributed by atoms with van der Waals surface area (Å²) in [5, 5.41) is 0. The highest BCUT2D eigenvalue weighted by Crippen LogP contribution is 2.23. The molecule has 0 saturated carbocycles. The van der Waals surface area contributed by atoms with Crippen molar-refractivity contribution >= 4 is 5.78 Å². The van der Waals surface area contributed by atoms with E-state index in [0.29, 0.717) is 36.3 Å². The van der Waals surface area contributed by atoms with Crippen LogP contribution < -0.4 is 9.47 Å². The monoisotopic (exact) mass is 232 g/mol. The van der Waals surface area contributed by atoms with Crippen LogP contribution in [0, 0.1) is 12.3 Å². The predicted octanol–water partition coefficient (Wildman–Crippen LogP) is 2.69. The van der Waals surface area contributed by atoms with Crippen molar-refractivity contribution < 1.29 is 14.3 Å². The van der Waals surface area contributed by atoms with E-state index in [2.05, 4.69) is 5.92 Å². The van der Waals surface area contributed by atoms with Gasteiger partial charge < -0.3 is 9.47 Å². The number of hydrogen-bond donors (Lipinski definition) is 0. The Kier molecular flexibility index (Phi) is 5.09. The van der Waals surface area contributed by atoms with Crippen molar-refractivity contribution in [1.29, 1.82) is 0 Å². The third-order valence-electron chi connectivity index (χ3n) is 2.40. The molecule has 0 radical (unpaired) electrons. The second-order valence-corrected chi connectivity index (χ2v) is 3.58. The van der Waals surface area contributed by atoms with Crippen LogP contribution in [0.5, 0.6) is 11.5 Å². The molecule has 1 aromatic rings. The van der Waals surface area contributed by atoms with Crippen LogP contribution in [-0.4, -0.2) is 20.0 Å². The van der Waals surface area contributed by atoms with Crippen molar-refractivity contribution in [3.05, 3.63) is 23.8 Å². The molecule has 90 valence electrons. The van der Waals surface area contributed by atoms with Crippen molar-refractivity contribution in [2.24, 2.45) is 0 Å². The van der Waals surface area contributed by atoms with Crippen LogP contribution in [0.1, 0.15) is 29.6 Å². The van der Waals surface area contributed by atoms with E-state index in [1.54, 1.807) is 32.4 Å². The van der Waals surface area contributed by atoms with Gasteiger partial charge >= 0.3 is 0 Å². The number of benzene rings is 1. The highest BCUT2D eigenvalue weighted by molar-refractivity contribution is 5.96. The standard InChI is InChI=1S/C14H16O3/c1-4-5-6-7-14(15)11-8-12(16-2)10-13(9-11)17-3/h1,8-10H,5-7H2,2-3H3. The van der Waals surface area contributed by atoms with E-state index in [0.717, 1.165) is 0 Å². The molecule has 0 aliphatic heterocycles. The highest BCUT2D eigenvalue weighted by Gasteiger charge is 2.09. The molecule has 1 aromatic carbocycles. The Hall–Kier alpha value is -1.95. The lowest BCUT2D eigenvalue weighted by molar-refractivity contribution is 0.0980. The minimum Gasteiger partial charge on any atom is -0.497 e. The molecule has 0 heterocycles. The van der Waals surface area contributed by atoms with Crippen molar-refractivity contribution in [3.8, 4) is 23.8 Å². The molecule has 0 fully saturated rings. The largest absolute Gasteiger partial charge is 0.497 e. The highest BCUT2D eigenvalue weighted by atomic mass is 16.5. The molecule has 0 amide bonds.